The first kappa shape index (κ1) is 15.0. The maximum absolute atomic E-state index is 11.9. The van der Waals surface area contributed by atoms with Gasteiger partial charge >= 0.3 is 5.97 Å². The summed E-state index contributed by atoms with van der Waals surface area (Å²) in [6.45, 7) is 3.99. The Morgan fingerprint density at radius 1 is 1.24 bits per heavy atom. The standard InChI is InChI=1S/C16H15NO3S/c1-10-3-4-12(11(2)9-10)5-6-14(18)17-13-7-8-21-15(13)16(19)20/h3-9H,1-2H3,(H,17,18)(H,19,20)/b6-5+. The Kier molecular flexibility index (Phi) is 4.55. The van der Waals surface area contributed by atoms with Crippen molar-refractivity contribution >= 4 is 35.0 Å². The van der Waals surface area contributed by atoms with Crippen LogP contribution < -0.4 is 5.32 Å². The molecule has 0 aliphatic rings. The van der Waals surface area contributed by atoms with Gasteiger partial charge in [0.05, 0.1) is 5.69 Å². The highest BCUT2D eigenvalue weighted by Crippen LogP contribution is 2.22. The van der Waals surface area contributed by atoms with E-state index in [-0.39, 0.29) is 10.8 Å². The summed E-state index contributed by atoms with van der Waals surface area (Å²) in [4.78, 5) is 22.9. The minimum absolute atomic E-state index is 0.128. The van der Waals surface area contributed by atoms with Crippen molar-refractivity contribution in [1.82, 2.24) is 0 Å². The summed E-state index contributed by atoms with van der Waals surface area (Å²) in [5, 5.41) is 13.2. The zero-order valence-corrected chi connectivity index (χ0v) is 12.5. The van der Waals surface area contributed by atoms with Gasteiger partial charge in [-0.1, -0.05) is 23.8 Å². The Morgan fingerprint density at radius 2 is 2.00 bits per heavy atom. The van der Waals surface area contributed by atoms with Gasteiger partial charge in [-0.3, -0.25) is 4.79 Å². The van der Waals surface area contributed by atoms with E-state index in [0.29, 0.717) is 5.69 Å². The molecule has 0 radical (unpaired) electrons. The molecule has 0 bridgehead atoms. The van der Waals surface area contributed by atoms with E-state index < -0.39 is 5.97 Å². The van der Waals surface area contributed by atoms with Crippen LogP contribution in [0.3, 0.4) is 0 Å². The summed E-state index contributed by atoms with van der Waals surface area (Å²) in [7, 11) is 0. The summed E-state index contributed by atoms with van der Waals surface area (Å²) in [5.74, 6) is -1.39. The third kappa shape index (κ3) is 3.79. The molecule has 1 aromatic carbocycles. The number of amides is 1. The van der Waals surface area contributed by atoms with Gasteiger partial charge in [0.25, 0.3) is 0 Å². The fourth-order valence-electron chi connectivity index (χ4n) is 1.93. The SMILES string of the molecule is Cc1ccc(/C=C/C(=O)Nc2ccsc2C(=O)O)c(C)c1. The minimum atomic E-state index is -1.04. The molecule has 108 valence electrons. The van der Waals surface area contributed by atoms with Crippen molar-refractivity contribution in [3.8, 4) is 0 Å². The average Bonchev–Trinajstić information content (AvgIpc) is 2.86. The highest BCUT2D eigenvalue weighted by atomic mass is 32.1. The number of hydrogen-bond acceptors (Lipinski definition) is 3. The van der Waals surface area contributed by atoms with Gasteiger partial charge in [0.1, 0.15) is 4.88 Å². The van der Waals surface area contributed by atoms with E-state index in [1.807, 2.05) is 32.0 Å². The molecule has 0 saturated heterocycles. The van der Waals surface area contributed by atoms with Gasteiger partial charge in [-0.15, -0.1) is 11.3 Å². The number of aromatic carboxylic acids is 1. The number of benzene rings is 1. The van der Waals surface area contributed by atoms with Gasteiger partial charge in [0.2, 0.25) is 5.91 Å². The second-order valence-corrected chi connectivity index (χ2v) is 5.57. The van der Waals surface area contributed by atoms with Crippen molar-refractivity contribution in [3.05, 3.63) is 57.3 Å². The molecular weight excluding hydrogens is 286 g/mol. The molecule has 0 spiro atoms. The minimum Gasteiger partial charge on any atom is -0.477 e. The van der Waals surface area contributed by atoms with Crippen LogP contribution in [0.5, 0.6) is 0 Å². The van der Waals surface area contributed by atoms with Crippen molar-refractivity contribution in [2.24, 2.45) is 0 Å². The Hall–Kier alpha value is -2.40. The van der Waals surface area contributed by atoms with Crippen molar-refractivity contribution < 1.29 is 14.7 Å². The van der Waals surface area contributed by atoms with Crippen LogP contribution in [-0.4, -0.2) is 17.0 Å². The molecule has 1 amide bonds. The maximum atomic E-state index is 11.9. The Bertz CT molecular complexity index is 716. The predicted molar refractivity (Wildman–Crippen MR) is 84.9 cm³/mol. The third-order valence-electron chi connectivity index (χ3n) is 2.96. The number of hydrogen-bond donors (Lipinski definition) is 2. The highest BCUT2D eigenvalue weighted by molar-refractivity contribution is 7.12. The van der Waals surface area contributed by atoms with Gasteiger partial charge in [0.15, 0.2) is 0 Å². The van der Waals surface area contributed by atoms with Gasteiger partial charge < -0.3 is 10.4 Å². The number of carbonyl (C=O) groups excluding carboxylic acids is 1. The monoisotopic (exact) mass is 301 g/mol. The first-order chi connectivity index (χ1) is 9.97. The number of carboxylic acids is 1. The van der Waals surface area contributed by atoms with Gasteiger partial charge in [-0.25, -0.2) is 4.79 Å². The van der Waals surface area contributed by atoms with Crippen LogP contribution >= 0.6 is 11.3 Å². The van der Waals surface area contributed by atoms with E-state index in [1.54, 1.807) is 17.5 Å². The molecule has 5 heteroatoms. The van der Waals surface area contributed by atoms with Crippen molar-refractivity contribution in [3.63, 3.8) is 0 Å². The molecule has 21 heavy (non-hydrogen) atoms. The molecule has 0 aliphatic heterocycles. The third-order valence-corrected chi connectivity index (χ3v) is 3.86. The Balaban J connectivity index is 2.09. The smallest absolute Gasteiger partial charge is 0.348 e. The first-order valence-electron chi connectivity index (χ1n) is 6.34. The molecule has 2 N–H and O–H groups in total. The zero-order chi connectivity index (χ0) is 15.4. The molecule has 4 nitrogen and oxygen atoms in total. The van der Waals surface area contributed by atoms with E-state index >= 15 is 0 Å². The summed E-state index contributed by atoms with van der Waals surface area (Å²) >= 11 is 1.08. The molecule has 0 saturated carbocycles. The predicted octanol–water partition coefficient (Wildman–Crippen LogP) is 3.72. The second kappa shape index (κ2) is 6.37. The number of aryl methyl sites for hydroxylation is 2. The lowest BCUT2D eigenvalue weighted by Gasteiger charge is -2.03. The van der Waals surface area contributed by atoms with Crippen LogP contribution in [0.2, 0.25) is 0 Å². The van der Waals surface area contributed by atoms with Gasteiger partial charge in [-0.2, -0.15) is 0 Å². The largest absolute Gasteiger partial charge is 0.477 e. The van der Waals surface area contributed by atoms with E-state index in [0.717, 1.165) is 22.5 Å². The summed E-state index contributed by atoms with van der Waals surface area (Å²) in [5.41, 5.74) is 3.53. The molecule has 1 aromatic heterocycles. The molecule has 0 aliphatic carbocycles. The number of carbonyl (C=O) groups is 2. The molecule has 1 heterocycles. The Labute approximate surface area is 126 Å². The quantitative estimate of drug-likeness (QED) is 0.846. The van der Waals surface area contributed by atoms with E-state index in [9.17, 15) is 9.59 Å². The van der Waals surface area contributed by atoms with E-state index in [4.69, 9.17) is 5.11 Å². The lowest BCUT2D eigenvalue weighted by Crippen LogP contribution is -2.10. The molecule has 0 unspecified atom stereocenters. The molecule has 0 atom stereocenters. The van der Waals surface area contributed by atoms with E-state index in [2.05, 4.69) is 5.32 Å². The fourth-order valence-corrected chi connectivity index (χ4v) is 2.61. The van der Waals surface area contributed by atoms with Crippen LogP contribution in [0.15, 0.2) is 35.7 Å². The van der Waals surface area contributed by atoms with Crippen LogP contribution in [0, 0.1) is 13.8 Å². The first-order valence-corrected chi connectivity index (χ1v) is 7.22. The second-order valence-electron chi connectivity index (χ2n) is 4.65. The lowest BCUT2D eigenvalue weighted by molar-refractivity contribution is -0.111. The molecule has 2 aromatic rings. The van der Waals surface area contributed by atoms with E-state index in [1.165, 1.54) is 11.6 Å². The van der Waals surface area contributed by atoms with Gasteiger partial charge in [-0.05, 0) is 42.5 Å². The van der Waals surface area contributed by atoms with Crippen LogP contribution in [0.25, 0.3) is 6.08 Å². The zero-order valence-electron chi connectivity index (χ0n) is 11.7. The Morgan fingerprint density at radius 3 is 2.67 bits per heavy atom. The van der Waals surface area contributed by atoms with Crippen LogP contribution in [0.4, 0.5) is 5.69 Å². The summed E-state index contributed by atoms with van der Waals surface area (Å²) in [6, 6.07) is 7.55. The van der Waals surface area contributed by atoms with Gasteiger partial charge in [0, 0.05) is 6.08 Å². The maximum Gasteiger partial charge on any atom is 0.348 e. The molecular formula is C16H15NO3S. The van der Waals surface area contributed by atoms with Crippen molar-refractivity contribution in [2.45, 2.75) is 13.8 Å². The summed E-state index contributed by atoms with van der Waals surface area (Å²) in [6.07, 6.45) is 3.12. The lowest BCUT2D eigenvalue weighted by atomic mass is 10.1. The normalized spacial score (nSPS) is 10.8. The summed E-state index contributed by atoms with van der Waals surface area (Å²) < 4.78 is 0. The number of anilines is 1. The number of carboxylic acid groups (broad SMARTS) is 1. The number of nitrogens with one attached hydrogen (secondary N) is 1. The highest BCUT2D eigenvalue weighted by Gasteiger charge is 2.12. The number of thiophene rings is 1. The molecule has 2 rings (SSSR count). The van der Waals surface area contributed by atoms with Crippen molar-refractivity contribution in [1.29, 1.82) is 0 Å². The average molecular weight is 301 g/mol. The fraction of sp³-hybridized carbons (Fsp3) is 0.125. The topological polar surface area (TPSA) is 66.4 Å². The van der Waals surface area contributed by atoms with Crippen LogP contribution in [0.1, 0.15) is 26.4 Å². The van der Waals surface area contributed by atoms with Crippen molar-refractivity contribution in [2.75, 3.05) is 5.32 Å². The van der Waals surface area contributed by atoms with Crippen LogP contribution in [-0.2, 0) is 4.79 Å². The molecule has 0 fully saturated rings. The number of rotatable bonds is 4.